The van der Waals surface area contributed by atoms with Crippen molar-refractivity contribution in [2.45, 2.75) is 25.3 Å². The summed E-state index contributed by atoms with van der Waals surface area (Å²) in [6, 6.07) is 20.3. The monoisotopic (exact) mass is 437 g/mol. The van der Waals surface area contributed by atoms with E-state index in [9.17, 15) is 4.79 Å². The molecule has 0 spiro atoms. The predicted molar refractivity (Wildman–Crippen MR) is 127 cm³/mol. The van der Waals surface area contributed by atoms with Crippen LogP contribution in [-0.2, 0) is 4.79 Å². The molecule has 1 unspecified atom stereocenters. The Bertz CT molecular complexity index is 1310. The average molecular weight is 438 g/mol. The third kappa shape index (κ3) is 4.57. The van der Waals surface area contributed by atoms with Gasteiger partial charge in [-0.3, -0.25) is 24.8 Å². The summed E-state index contributed by atoms with van der Waals surface area (Å²) in [4.78, 5) is 24.5. The van der Waals surface area contributed by atoms with Crippen LogP contribution in [0, 0.1) is 0 Å². The van der Waals surface area contributed by atoms with E-state index in [1.54, 1.807) is 12.4 Å². The number of aliphatic carboxylic acids is 1. The molecular formula is C26H23N5O2. The molecule has 3 heterocycles. The van der Waals surface area contributed by atoms with Gasteiger partial charge in [-0.2, -0.15) is 5.10 Å². The van der Waals surface area contributed by atoms with Crippen molar-refractivity contribution in [2.75, 3.05) is 6.54 Å². The van der Waals surface area contributed by atoms with Crippen LogP contribution < -0.4 is 0 Å². The third-order valence-electron chi connectivity index (χ3n) is 5.82. The van der Waals surface area contributed by atoms with Crippen molar-refractivity contribution in [1.82, 2.24) is 20.0 Å². The first-order valence-corrected chi connectivity index (χ1v) is 11.0. The summed E-state index contributed by atoms with van der Waals surface area (Å²) in [5, 5.41) is 15.9. The van der Waals surface area contributed by atoms with Gasteiger partial charge in [0.2, 0.25) is 0 Å². The number of benzene rings is 2. The van der Waals surface area contributed by atoms with Gasteiger partial charge in [0.05, 0.1) is 28.5 Å². The Morgan fingerprint density at radius 2 is 1.76 bits per heavy atom. The molecule has 1 N–H and O–H groups in total. The highest BCUT2D eigenvalue weighted by Gasteiger charge is 2.29. The molecule has 7 heteroatoms. The lowest BCUT2D eigenvalue weighted by Gasteiger charge is -2.23. The second kappa shape index (κ2) is 9.16. The van der Waals surface area contributed by atoms with E-state index in [0.29, 0.717) is 19.4 Å². The molecule has 4 aromatic rings. The molecule has 0 bridgehead atoms. The Kier molecular flexibility index (Phi) is 5.76. The molecule has 0 saturated carbocycles. The summed E-state index contributed by atoms with van der Waals surface area (Å²) in [6.07, 6.45) is 6.57. The second-order valence-corrected chi connectivity index (χ2v) is 8.03. The lowest BCUT2D eigenvalue weighted by molar-refractivity contribution is -0.137. The van der Waals surface area contributed by atoms with E-state index in [4.69, 9.17) is 10.2 Å². The Hall–Kier alpha value is -4.13. The van der Waals surface area contributed by atoms with Crippen LogP contribution in [-0.4, -0.2) is 43.3 Å². The summed E-state index contributed by atoms with van der Waals surface area (Å²) in [7, 11) is 0. The fourth-order valence-corrected chi connectivity index (χ4v) is 4.15. The lowest BCUT2D eigenvalue weighted by Crippen LogP contribution is -2.21. The van der Waals surface area contributed by atoms with E-state index in [2.05, 4.69) is 39.2 Å². The van der Waals surface area contributed by atoms with Gasteiger partial charge < -0.3 is 5.11 Å². The maximum absolute atomic E-state index is 11.0. The molecule has 7 nitrogen and oxygen atoms in total. The highest BCUT2D eigenvalue weighted by molar-refractivity contribution is 6.00. The molecule has 5 rings (SSSR count). The van der Waals surface area contributed by atoms with E-state index in [1.807, 2.05) is 47.6 Å². The number of hydrogen-bond donors (Lipinski definition) is 1. The van der Waals surface area contributed by atoms with Crippen LogP contribution in [0.2, 0.25) is 0 Å². The number of pyridine rings is 1. The minimum Gasteiger partial charge on any atom is -0.481 e. The molecule has 0 aliphatic carbocycles. The summed E-state index contributed by atoms with van der Waals surface area (Å²) in [5.41, 5.74) is 6.67. The molecular weight excluding hydrogens is 414 g/mol. The van der Waals surface area contributed by atoms with Gasteiger partial charge in [-0.25, -0.2) is 0 Å². The molecule has 0 amide bonds. The lowest BCUT2D eigenvalue weighted by atomic mass is 9.99. The molecule has 0 radical (unpaired) electrons. The highest BCUT2D eigenvalue weighted by atomic mass is 16.4. The number of carbonyl (C=O) groups is 1. The second-order valence-electron chi connectivity index (χ2n) is 8.03. The third-order valence-corrected chi connectivity index (χ3v) is 5.82. The van der Waals surface area contributed by atoms with Gasteiger partial charge >= 0.3 is 5.97 Å². The van der Waals surface area contributed by atoms with E-state index >= 15 is 0 Å². The van der Waals surface area contributed by atoms with E-state index in [1.165, 1.54) is 0 Å². The van der Waals surface area contributed by atoms with Crippen molar-refractivity contribution in [3.8, 4) is 11.1 Å². The van der Waals surface area contributed by atoms with Crippen LogP contribution in [0.15, 0.2) is 84.4 Å². The highest BCUT2D eigenvalue weighted by Crippen LogP contribution is 2.33. The maximum atomic E-state index is 11.0. The van der Waals surface area contributed by atoms with Crippen LogP contribution >= 0.6 is 0 Å². The number of aromatic nitrogens is 3. The minimum absolute atomic E-state index is 0.00389. The first-order chi connectivity index (χ1) is 16.2. The van der Waals surface area contributed by atoms with Crippen molar-refractivity contribution >= 4 is 22.7 Å². The quantitative estimate of drug-likeness (QED) is 0.450. The van der Waals surface area contributed by atoms with Gasteiger partial charge in [0, 0.05) is 43.5 Å². The van der Waals surface area contributed by atoms with Crippen molar-refractivity contribution in [3.05, 3.63) is 90.5 Å². The summed E-state index contributed by atoms with van der Waals surface area (Å²) in [5.74, 6) is -0.797. The SMILES string of the molecule is O=C(O)CCCN1N=C(c2ccc(-c3ccccc3)cn2)CC1c1ccc2nccnc2c1. The number of hydrazone groups is 1. The van der Waals surface area contributed by atoms with Crippen molar-refractivity contribution in [1.29, 1.82) is 0 Å². The zero-order valence-corrected chi connectivity index (χ0v) is 18.0. The van der Waals surface area contributed by atoms with Gasteiger partial charge in [-0.15, -0.1) is 0 Å². The molecule has 0 fully saturated rings. The van der Waals surface area contributed by atoms with Crippen LogP contribution in [0.5, 0.6) is 0 Å². The van der Waals surface area contributed by atoms with Crippen molar-refractivity contribution < 1.29 is 9.90 Å². The largest absolute Gasteiger partial charge is 0.481 e. The van der Waals surface area contributed by atoms with Crippen LogP contribution in [0.3, 0.4) is 0 Å². The maximum Gasteiger partial charge on any atom is 0.303 e. The van der Waals surface area contributed by atoms with E-state index in [0.717, 1.165) is 39.1 Å². The molecule has 2 aromatic heterocycles. The van der Waals surface area contributed by atoms with E-state index < -0.39 is 5.97 Å². The fourth-order valence-electron chi connectivity index (χ4n) is 4.15. The van der Waals surface area contributed by atoms with Gasteiger partial charge in [-0.1, -0.05) is 42.5 Å². The Morgan fingerprint density at radius 3 is 2.52 bits per heavy atom. The first kappa shape index (κ1) is 20.8. The average Bonchev–Trinajstić information content (AvgIpc) is 3.28. The van der Waals surface area contributed by atoms with Gasteiger partial charge in [0.25, 0.3) is 0 Å². The van der Waals surface area contributed by atoms with Crippen molar-refractivity contribution in [2.24, 2.45) is 5.10 Å². The first-order valence-electron chi connectivity index (χ1n) is 11.0. The Labute approximate surface area is 191 Å². The van der Waals surface area contributed by atoms with Crippen LogP contribution in [0.25, 0.3) is 22.2 Å². The zero-order chi connectivity index (χ0) is 22.6. The molecule has 1 atom stereocenters. The number of nitrogens with zero attached hydrogens (tertiary/aromatic N) is 5. The minimum atomic E-state index is -0.797. The number of rotatable bonds is 7. The van der Waals surface area contributed by atoms with Gasteiger partial charge in [-0.05, 0) is 35.7 Å². The molecule has 33 heavy (non-hydrogen) atoms. The zero-order valence-electron chi connectivity index (χ0n) is 18.0. The Morgan fingerprint density at radius 1 is 0.939 bits per heavy atom. The number of fused-ring (bicyclic) bond motifs is 1. The van der Waals surface area contributed by atoms with Gasteiger partial charge in [0.15, 0.2) is 0 Å². The predicted octanol–water partition coefficient (Wildman–Crippen LogP) is 4.71. The normalized spacial score (nSPS) is 15.6. The number of carboxylic acids is 1. The fraction of sp³-hybridized carbons (Fsp3) is 0.192. The van der Waals surface area contributed by atoms with Crippen LogP contribution in [0.4, 0.5) is 0 Å². The summed E-state index contributed by atoms with van der Waals surface area (Å²) in [6.45, 7) is 0.557. The molecule has 1 aliphatic heterocycles. The molecule has 1 aliphatic rings. The van der Waals surface area contributed by atoms with Gasteiger partial charge in [0.1, 0.15) is 0 Å². The number of hydrogen-bond acceptors (Lipinski definition) is 6. The molecule has 164 valence electrons. The van der Waals surface area contributed by atoms with E-state index in [-0.39, 0.29) is 12.5 Å². The summed E-state index contributed by atoms with van der Waals surface area (Å²) < 4.78 is 0. The standard InChI is InChI=1S/C26H23N5O2/c32-26(33)7-4-14-31-25(19-8-10-21-23(15-19)28-13-12-27-21)16-24(30-31)22-11-9-20(17-29-22)18-5-2-1-3-6-18/h1-3,5-6,8-13,15,17,25H,4,7,14,16H2,(H,32,33). The number of carboxylic acid groups (broad SMARTS) is 1. The van der Waals surface area contributed by atoms with Crippen molar-refractivity contribution in [3.63, 3.8) is 0 Å². The smallest absolute Gasteiger partial charge is 0.303 e. The summed E-state index contributed by atoms with van der Waals surface area (Å²) >= 11 is 0. The topological polar surface area (TPSA) is 91.6 Å². The van der Waals surface area contributed by atoms with Crippen LogP contribution in [0.1, 0.15) is 36.6 Å². The molecule has 2 aromatic carbocycles. The Balaban J connectivity index is 1.42. The molecule has 0 saturated heterocycles.